The van der Waals surface area contributed by atoms with E-state index >= 15 is 0 Å². The fourth-order valence-electron chi connectivity index (χ4n) is 0.169. The third kappa shape index (κ3) is 1.17. The Bertz CT molecular complexity index is 38.2. The van der Waals surface area contributed by atoms with E-state index in [-0.39, 0.29) is 15.8 Å². The van der Waals surface area contributed by atoms with E-state index in [0.717, 1.165) is 0 Å². The van der Waals surface area contributed by atoms with Crippen LogP contribution in [0.4, 0.5) is 0 Å². The predicted molar refractivity (Wildman–Crippen MR) is 42.4 cm³/mol. The fraction of sp³-hybridized carbons (Fsp3) is 1.00. The van der Waals surface area contributed by atoms with Crippen molar-refractivity contribution in [3.05, 3.63) is 0 Å². The van der Waals surface area contributed by atoms with Crippen LogP contribution in [0.5, 0.6) is 0 Å². The van der Waals surface area contributed by atoms with E-state index in [1.807, 2.05) is 0 Å². The van der Waals surface area contributed by atoms with E-state index in [0.29, 0.717) is 0 Å². The first-order chi connectivity index (χ1) is 2.30. The fourth-order valence-corrected chi connectivity index (χ4v) is 9.88. The van der Waals surface area contributed by atoms with E-state index < -0.39 is 0 Å². The van der Waals surface area contributed by atoms with Crippen molar-refractivity contribution >= 4 is 34.5 Å². The molecule has 1 rings (SSSR count). The number of halogens is 2. The van der Waals surface area contributed by atoms with Crippen molar-refractivity contribution in [2.24, 2.45) is 0 Å². The van der Waals surface area contributed by atoms with Gasteiger partial charge in [-0.15, -0.1) is 0 Å². The van der Waals surface area contributed by atoms with Gasteiger partial charge < -0.3 is 0 Å². The van der Waals surface area contributed by atoms with E-state index in [9.17, 15) is 0 Å². The average Bonchev–Trinajstić information content (AvgIpc) is 1.79. The molecule has 1 atom stereocenters. The van der Waals surface area contributed by atoms with Crippen LogP contribution in [-0.4, -0.2) is 8.35 Å². The van der Waals surface area contributed by atoms with Crippen LogP contribution < -0.4 is 0 Å². The molecule has 0 radical (unpaired) electrons. The molecule has 0 amide bonds. The molecule has 0 aromatic rings. The molecule has 0 aromatic heterocycles. The van der Waals surface area contributed by atoms with Crippen molar-refractivity contribution in [1.82, 2.24) is 0 Å². The van der Waals surface area contributed by atoms with Crippen molar-refractivity contribution in [2.45, 2.75) is 10.8 Å². The summed E-state index contributed by atoms with van der Waals surface area (Å²) in [7, 11) is 0. The van der Waals surface area contributed by atoms with Gasteiger partial charge in [0.05, 0.1) is 0 Å². The summed E-state index contributed by atoms with van der Waals surface area (Å²) >= 11 is 2.49. The van der Waals surface area contributed by atoms with Crippen LogP contribution in [0.2, 0.25) is 0 Å². The molecule has 0 N–H and O–H groups in total. The molecule has 1 aliphatic heterocycles. The number of alkyl halides is 2. The molecular formula is C3H6I2. The van der Waals surface area contributed by atoms with Gasteiger partial charge in [-0.05, 0) is 0 Å². The second kappa shape index (κ2) is 1.52. The summed E-state index contributed by atoms with van der Waals surface area (Å²) in [6, 6.07) is 0. The van der Waals surface area contributed by atoms with Crippen LogP contribution in [0.15, 0.2) is 0 Å². The van der Waals surface area contributed by atoms with Gasteiger partial charge in [0.25, 0.3) is 0 Å². The Morgan fingerprint density at radius 3 is 2.20 bits per heavy atom. The topological polar surface area (TPSA) is 0 Å². The van der Waals surface area contributed by atoms with Crippen LogP contribution >= 0.6 is 34.5 Å². The van der Waals surface area contributed by atoms with Gasteiger partial charge in [0.15, 0.2) is 0 Å². The zero-order valence-corrected chi connectivity index (χ0v) is 7.36. The first-order valence-corrected chi connectivity index (χ1v) is 10.7. The molecule has 0 spiro atoms. The quantitative estimate of drug-likeness (QED) is 0.475. The third-order valence-corrected chi connectivity index (χ3v) is 12.1. The van der Waals surface area contributed by atoms with Crippen molar-refractivity contribution in [3.63, 3.8) is 0 Å². The van der Waals surface area contributed by atoms with Gasteiger partial charge in [0, 0.05) is 0 Å². The summed E-state index contributed by atoms with van der Waals surface area (Å²) < 4.78 is 2.81. The van der Waals surface area contributed by atoms with Crippen molar-refractivity contribution < 1.29 is 0 Å². The Hall–Kier alpha value is 1.46. The molecule has 1 fully saturated rings. The second-order valence-electron chi connectivity index (χ2n) is 1.27. The number of hydrogen-bond donors (Lipinski definition) is 0. The van der Waals surface area contributed by atoms with E-state index in [1.165, 1.54) is 3.92 Å². The molecule has 32 valence electrons. The van der Waals surface area contributed by atoms with Crippen LogP contribution in [0, 0.1) is 0 Å². The Labute approximate surface area is 49.3 Å². The molecule has 0 unspecified atom stereocenters. The maximum atomic E-state index is 2.64. The molecule has 0 saturated carbocycles. The number of rotatable bonds is 0. The van der Waals surface area contributed by atoms with Gasteiger partial charge in [-0.3, -0.25) is 0 Å². The minimum absolute atomic E-state index is 0.145. The first kappa shape index (κ1) is 4.61. The van der Waals surface area contributed by atoms with Crippen molar-refractivity contribution in [3.8, 4) is 0 Å². The number of hydrogen-bond acceptors (Lipinski definition) is 0. The minimum atomic E-state index is -0.145. The Balaban J connectivity index is 2.20. The average molecular weight is 296 g/mol. The molecule has 0 aromatic carbocycles. The molecule has 1 saturated heterocycles. The van der Waals surface area contributed by atoms with Crippen LogP contribution in [0.3, 0.4) is 0 Å². The SMILES string of the molecule is C[C@@H]1CI1I. The van der Waals surface area contributed by atoms with E-state index in [2.05, 4.69) is 25.5 Å². The summed E-state index contributed by atoms with van der Waals surface area (Å²) in [6.07, 6.45) is 0. The normalized spacial score (nSPS) is 42.0. The summed E-state index contributed by atoms with van der Waals surface area (Å²) in [5, 5.41) is 0. The molecule has 2 heteroatoms. The van der Waals surface area contributed by atoms with Crippen molar-refractivity contribution in [2.75, 3.05) is 4.43 Å². The predicted octanol–water partition coefficient (Wildman–Crippen LogP) is 2.24. The van der Waals surface area contributed by atoms with E-state index in [4.69, 9.17) is 0 Å². The molecule has 0 aliphatic carbocycles. The van der Waals surface area contributed by atoms with Crippen LogP contribution in [0.25, 0.3) is 0 Å². The molecular weight excluding hydrogens is 290 g/mol. The molecule has 1 aliphatic rings. The molecule has 5 heavy (non-hydrogen) atoms. The van der Waals surface area contributed by atoms with Gasteiger partial charge in [0.1, 0.15) is 0 Å². The van der Waals surface area contributed by atoms with Gasteiger partial charge >= 0.3 is 49.7 Å². The van der Waals surface area contributed by atoms with Crippen LogP contribution in [-0.2, 0) is 0 Å². The third-order valence-electron chi connectivity index (χ3n) is 0.662. The molecule has 1 heterocycles. The van der Waals surface area contributed by atoms with Crippen LogP contribution in [0.1, 0.15) is 6.92 Å². The van der Waals surface area contributed by atoms with Gasteiger partial charge in [0.2, 0.25) is 0 Å². The summed E-state index contributed by atoms with van der Waals surface area (Å²) in [5.74, 6) is 0. The summed E-state index contributed by atoms with van der Waals surface area (Å²) in [5.41, 5.74) is 0. The van der Waals surface area contributed by atoms with Gasteiger partial charge in [-0.25, -0.2) is 0 Å². The second-order valence-corrected chi connectivity index (χ2v) is 13.2. The monoisotopic (exact) mass is 296 g/mol. The Morgan fingerprint density at radius 2 is 2.20 bits per heavy atom. The van der Waals surface area contributed by atoms with Gasteiger partial charge in [-0.2, -0.15) is 0 Å². The van der Waals surface area contributed by atoms with Crippen molar-refractivity contribution in [1.29, 1.82) is 0 Å². The molecule has 0 bridgehead atoms. The van der Waals surface area contributed by atoms with E-state index in [1.54, 1.807) is 4.43 Å². The van der Waals surface area contributed by atoms with Gasteiger partial charge in [-0.1, -0.05) is 0 Å². The Morgan fingerprint density at radius 1 is 2.00 bits per heavy atom. The molecule has 0 nitrogen and oxygen atoms in total. The Kier molecular flexibility index (Phi) is 1.40. The summed E-state index contributed by atoms with van der Waals surface area (Å²) in [6.45, 7) is 2.36. The zero-order valence-electron chi connectivity index (χ0n) is 3.04. The standard InChI is InChI=1S/C3H6I2/c1-3-2-5(3)4/h3H,2H2,1H3/t3-/m1/s1. The zero-order chi connectivity index (χ0) is 3.86. The first-order valence-electron chi connectivity index (χ1n) is 1.61. The summed E-state index contributed by atoms with van der Waals surface area (Å²) in [4.78, 5) is 0. The maximum absolute atomic E-state index is 2.64.